The Hall–Kier alpha value is -2.43. The van der Waals surface area contributed by atoms with E-state index in [4.69, 9.17) is 4.74 Å². The first-order chi connectivity index (χ1) is 9.65. The first-order valence-corrected chi connectivity index (χ1v) is 6.12. The predicted octanol–water partition coefficient (Wildman–Crippen LogP) is 3.07. The summed E-state index contributed by atoms with van der Waals surface area (Å²) in [6.07, 6.45) is 1.53. The van der Waals surface area contributed by atoms with Gasteiger partial charge in [-0.2, -0.15) is 0 Å². The summed E-state index contributed by atoms with van der Waals surface area (Å²) in [6, 6.07) is 7.70. The van der Waals surface area contributed by atoms with Crippen molar-refractivity contribution >= 4 is 5.97 Å². The zero-order valence-electron chi connectivity index (χ0n) is 11.2. The summed E-state index contributed by atoms with van der Waals surface area (Å²) in [7, 11) is 1.29. The van der Waals surface area contributed by atoms with E-state index in [1.54, 1.807) is 18.2 Å². The number of aromatic nitrogens is 1. The summed E-state index contributed by atoms with van der Waals surface area (Å²) in [5, 5.41) is 0. The van der Waals surface area contributed by atoms with Gasteiger partial charge in [0.05, 0.1) is 13.7 Å². The van der Waals surface area contributed by atoms with Gasteiger partial charge in [-0.3, -0.25) is 0 Å². The van der Waals surface area contributed by atoms with E-state index >= 15 is 0 Å². The largest absolute Gasteiger partial charge is 0.491 e. The van der Waals surface area contributed by atoms with Gasteiger partial charge in [-0.05, 0) is 30.7 Å². The van der Waals surface area contributed by atoms with E-state index in [9.17, 15) is 9.18 Å². The highest BCUT2D eigenvalue weighted by Gasteiger charge is 2.16. The number of halogens is 1. The van der Waals surface area contributed by atoms with Crippen LogP contribution in [-0.4, -0.2) is 24.7 Å². The Morgan fingerprint density at radius 1 is 1.25 bits per heavy atom. The molecule has 0 saturated carbocycles. The van der Waals surface area contributed by atoms with Crippen molar-refractivity contribution in [3.05, 3.63) is 48.0 Å². The van der Waals surface area contributed by atoms with Crippen molar-refractivity contribution in [1.29, 1.82) is 0 Å². The van der Waals surface area contributed by atoms with Crippen molar-refractivity contribution in [2.24, 2.45) is 0 Å². The van der Waals surface area contributed by atoms with Crippen LogP contribution in [-0.2, 0) is 4.74 Å². The first-order valence-electron chi connectivity index (χ1n) is 6.12. The fourth-order valence-electron chi connectivity index (χ4n) is 1.76. The molecule has 0 N–H and O–H groups in total. The summed E-state index contributed by atoms with van der Waals surface area (Å²) in [4.78, 5) is 15.7. The van der Waals surface area contributed by atoms with Crippen LogP contribution in [0.4, 0.5) is 4.39 Å². The molecule has 2 aromatic rings. The third kappa shape index (κ3) is 2.93. The summed E-state index contributed by atoms with van der Waals surface area (Å²) in [5.74, 6) is -0.516. The molecular formula is C15H14FNO3. The van der Waals surface area contributed by atoms with Crippen molar-refractivity contribution in [3.63, 3.8) is 0 Å². The van der Waals surface area contributed by atoms with E-state index in [-0.39, 0.29) is 11.5 Å². The van der Waals surface area contributed by atoms with Gasteiger partial charge >= 0.3 is 5.97 Å². The van der Waals surface area contributed by atoms with Gasteiger partial charge in [0.1, 0.15) is 5.82 Å². The van der Waals surface area contributed by atoms with Gasteiger partial charge in [-0.25, -0.2) is 14.2 Å². The standard InChI is InChI=1S/C15H14FNO3/c1-3-20-13-8-11(9-17-14(13)15(18)19-2)10-4-6-12(16)7-5-10/h4-9H,3H2,1-2H3. The lowest BCUT2D eigenvalue weighted by Gasteiger charge is -2.10. The van der Waals surface area contributed by atoms with Gasteiger partial charge in [0.15, 0.2) is 11.4 Å². The lowest BCUT2D eigenvalue weighted by Crippen LogP contribution is -2.08. The highest BCUT2D eigenvalue weighted by Crippen LogP contribution is 2.26. The molecule has 0 unspecified atom stereocenters. The minimum absolute atomic E-state index is 0.125. The zero-order valence-corrected chi connectivity index (χ0v) is 11.2. The second-order valence-electron chi connectivity index (χ2n) is 4.00. The maximum Gasteiger partial charge on any atom is 0.360 e. The number of carbonyl (C=O) groups is 1. The molecule has 20 heavy (non-hydrogen) atoms. The summed E-state index contributed by atoms with van der Waals surface area (Å²) in [6.45, 7) is 2.21. The van der Waals surface area contributed by atoms with E-state index in [0.717, 1.165) is 11.1 Å². The number of rotatable bonds is 4. The summed E-state index contributed by atoms with van der Waals surface area (Å²) in [5.41, 5.74) is 1.65. The van der Waals surface area contributed by atoms with Crippen molar-refractivity contribution in [3.8, 4) is 16.9 Å². The third-order valence-electron chi connectivity index (χ3n) is 2.71. The van der Waals surface area contributed by atoms with Crippen molar-refractivity contribution < 1.29 is 18.7 Å². The van der Waals surface area contributed by atoms with Gasteiger partial charge in [0.2, 0.25) is 0 Å². The predicted molar refractivity (Wildman–Crippen MR) is 72.1 cm³/mol. The lowest BCUT2D eigenvalue weighted by molar-refractivity contribution is 0.0589. The molecule has 1 aromatic heterocycles. The lowest BCUT2D eigenvalue weighted by atomic mass is 10.1. The number of benzene rings is 1. The van der Waals surface area contributed by atoms with E-state index in [1.807, 2.05) is 6.92 Å². The molecule has 1 aromatic carbocycles. The number of pyridine rings is 1. The highest BCUT2D eigenvalue weighted by molar-refractivity contribution is 5.91. The van der Waals surface area contributed by atoms with Gasteiger partial charge in [0, 0.05) is 11.8 Å². The van der Waals surface area contributed by atoms with Gasteiger partial charge in [-0.1, -0.05) is 12.1 Å². The number of hydrogen-bond acceptors (Lipinski definition) is 4. The molecule has 0 atom stereocenters. The molecule has 0 bridgehead atoms. The Labute approximate surface area is 116 Å². The van der Waals surface area contributed by atoms with Crippen LogP contribution in [0.5, 0.6) is 5.75 Å². The minimum Gasteiger partial charge on any atom is -0.491 e. The van der Waals surface area contributed by atoms with Crippen LogP contribution in [0.2, 0.25) is 0 Å². The Kier molecular flexibility index (Phi) is 4.30. The topological polar surface area (TPSA) is 48.4 Å². The monoisotopic (exact) mass is 275 g/mol. The second kappa shape index (κ2) is 6.14. The van der Waals surface area contributed by atoms with Gasteiger partial charge in [0.25, 0.3) is 0 Å². The number of methoxy groups -OCH3 is 1. The van der Waals surface area contributed by atoms with Crippen molar-refractivity contribution in [2.45, 2.75) is 6.92 Å². The molecule has 5 heteroatoms. The minimum atomic E-state index is -0.556. The molecule has 104 valence electrons. The molecule has 0 aliphatic carbocycles. The number of nitrogens with zero attached hydrogens (tertiary/aromatic N) is 1. The Morgan fingerprint density at radius 3 is 2.55 bits per heavy atom. The molecule has 0 saturated heterocycles. The molecule has 2 rings (SSSR count). The molecule has 0 aliphatic rings. The number of ether oxygens (including phenoxy) is 2. The smallest absolute Gasteiger partial charge is 0.360 e. The SMILES string of the molecule is CCOc1cc(-c2ccc(F)cc2)cnc1C(=O)OC. The van der Waals surface area contributed by atoms with E-state index in [0.29, 0.717) is 12.4 Å². The van der Waals surface area contributed by atoms with Crippen LogP contribution in [0.15, 0.2) is 36.5 Å². The molecule has 0 spiro atoms. The van der Waals surface area contributed by atoms with Crippen LogP contribution in [0.3, 0.4) is 0 Å². The summed E-state index contributed by atoms with van der Waals surface area (Å²) >= 11 is 0. The second-order valence-corrected chi connectivity index (χ2v) is 4.00. The van der Waals surface area contributed by atoms with E-state index < -0.39 is 5.97 Å². The Balaban J connectivity index is 2.43. The highest BCUT2D eigenvalue weighted by atomic mass is 19.1. The van der Waals surface area contributed by atoms with Crippen LogP contribution >= 0.6 is 0 Å². The quantitative estimate of drug-likeness (QED) is 0.805. The molecule has 4 nitrogen and oxygen atoms in total. The zero-order chi connectivity index (χ0) is 14.5. The van der Waals surface area contributed by atoms with Crippen LogP contribution in [0, 0.1) is 5.82 Å². The maximum atomic E-state index is 12.9. The van der Waals surface area contributed by atoms with Crippen LogP contribution in [0.25, 0.3) is 11.1 Å². The molecular weight excluding hydrogens is 261 g/mol. The number of carbonyl (C=O) groups excluding carboxylic acids is 1. The molecule has 0 fully saturated rings. The molecule has 0 aliphatic heterocycles. The van der Waals surface area contributed by atoms with Crippen molar-refractivity contribution in [2.75, 3.05) is 13.7 Å². The molecule has 0 radical (unpaired) electrons. The number of esters is 1. The van der Waals surface area contributed by atoms with E-state index in [1.165, 1.54) is 25.4 Å². The Morgan fingerprint density at radius 2 is 1.95 bits per heavy atom. The van der Waals surface area contributed by atoms with E-state index in [2.05, 4.69) is 9.72 Å². The summed E-state index contributed by atoms with van der Waals surface area (Å²) < 4.78 is 23.0. The Bertz CT molecular complexity index is 611. The first kappa shape index (κ1) is 14.0. The molecule has 0 amide bonds. The van der Waals surface area contributed by atoms with Crippen LogP contribution in [0.1, 0.15) is 17.4 Å². The fraction of sp³-hybridized carbons (Fsp3) is 0.200. The third-order valence-corrected chi connectivity index (χ3v) is 2.71. The number of hydrogen-bond donors (Lipinski definition) is 0. The maximum absolute atomic E-state index is 12.9. The van der Waals surface area contributed by atoms with Crippen LogP contribution < -0.4 is 4.74 Å². The fourth-order valence-corrected chi connectivity index (χ4v) is 1.76. The normalized spacial score (nSPS) is 10.2. The average molecular weight is 275 g/mol. The van der Waals surface area contributed by atoms with Crippen molar-refractivity contribution in [1.82, 2.24) is 4.98 Å². The average Bonchev–Trinajstić information content (AvgIpc) is 2.47. The van der Waals surface area contributed by atoms with Gasteiger partial charge < -0.3 is 9.47 Å². The van der Waals surface area contributed by atoms with Gasteiger partial charge in [-0.15, -0.1) is 0 Å². The molecule has 1 heterocycles.